The van der Waals surface area contributed by atoms with Gasteiger partial charge in [0.25, 0.3) is 10.0 Å². The predicted octanol–water partition coefficient (Wildman–Crippen LogP) is 13.8. The molecule has 42 heteroatoms. The topological polar surface area (TPSA) is 419 Å². The molecule has 10 aliphatic rings. The maximum absolute atomic E-state index is 13.9. The Morgan fingerprint density at radius 2 is 0.789 bits per heavy atom. The number of rotatable bonds is 26. The van der Waals surface area contributed by atoms with Crippen molar-refractivity contribution in [3.05, 3.63) is 153 Å². The molecule has 782 valence electrons. The number of fused-ring (bicyclic) bond motifs is 4. The number of sulfonamides is 1. The van der Waals surface area contributed by atoms with Gasteiger partial charge in [-0.25, -0.2) is 67.2 Å². The van der Waals surface area contributed by atoms with Crippen molar-refractivity contribution in [2.45, 2.75) is 208 Å². The lowest BCUT2D eigenvalue weighted by Gasteiger charge is -2.37. The first kappa shape index (κ1) is 103. The molecule has 4 aromatic carbocycles. The molecule has 22 rings (SSSR count). The van der Waals surface area contributed by atoms with Gasteiger partial charge in [0.15, 0.2) is 22.4 Å². The highest BCUT2D eigenvalue weighted by atomic mass is 32.2. The zero-order chi connectivity index (χ0) is 101. The first-order valence-electron chi connectivity index (χ1n) is 51.8. The Balaban J connectivity index is 0.000000124. The predicted molar refractivity (Wildman–Crippen MR) is 556 cm³/mol. The number of piperidine rings is 1. The molecule has 4 saturated carbocycles. The summed E-state index contributed by atoms with van der Waals surface area (Å²) in [6.45, 7) is 23.9. The third kappa shape index (κ3) is 27.3. The summed E-state index contributed by atoms with van der Waals surface area (Å²) in [7, 11) is 1.61. The minimum atomic E-state index is -3.62. The number of nitrogens with one attached hydrogen (secondary N) is 4. The van der Waals surface area contributed by atoms with Gasteiger partial charge in [-0.1, -0.05) is 6.92 Å². The Morgan fingerprint density at radius 3 is 1.13 bits per heavy atom. The van der Waals surface area contributed by atoms with E-state index >= 15 is 0 Å². The first-order valence-corrected chi connectivity index (χ1v) is 53.3. The number of carbonyl (C=O) groups is 1. The minimum absolute atomic E-state index is 0.00857. The molecule has 0 atom stereocenters. The highest BCUT2D eigenvalue weighted by molar-refractivity contribution is 7.89. The number of morpholine rings is 4. The van der Waals surface area contributed by atoms with E-state index in [2.05, 4.69) is 158 Å². The Labute approximate surface area is 855 Å². The number of halogens is 1. The van der Waals surface area contributed by atoms with Gasteiger partial charge in [-0.05, 0) is 178 Å². The number of ether oxygens (including phenoxy) is 11. The van der Waals surface area contributed by atoms with Crippen molar-refractivity contribution in [1.82, 2.24) is 89.2 Å². The van der Waals surface area contributed by atoms with Crippen LogP contribution in [-0.4, -0.2) is 305 Å². The summed E-state index contributed by atoms with van der Waals surface area (Å²) < 4.78 is 108. The van der Waals surface area contributed by atoms with Crippen LogP contribution in [0.2, 0.25) is 0 Å². The van der Waals surface area contributed by atoms with Gasteiger partial charge in [0.05, 0.1) is 138 Å². The molecule has 6 aliphatic heterocycles. The number of benzene rings is 4. The van der Waals surface area contributed by atoms with Crippen molar-refractivity contribution < 1.29 is 69.7 Å². The van der Waals surface area contributed by atoms with Gasteiger partial charge in [0, 0.05) is 231 Å². The molecule has 1 amide bonds. The van der Waals surface area contributed by atoms with Crippen molar-refractivity contribution in [2.75, 3.05) is 193 Å². The number of amides is 1. The van der Waals surface area contributed by atoms with E-state index in [0.29, 0.717) is 87.3 Å². The zero-order valence-corrected chi connectivity index (χ0v) is 85.7. The third-order valence-corrected chi connectivity index (χ3v) is 29.7. The van der Waals surface area contributed by atoms with Crippen LogP contribution in [0, 0.1) is 11.2 Å². The summed E-state index contributed by atoms with van der Waals surface area (Å²) in [6.07, 6.45) is 40.0. The molecule has 0 spiro atoms. The van der Waals surface area contributed by atoms with Crippen LogP contribution in [0.1, 0.15) is 155 Å². The normalized spacial score (nSPS) is 22.0. The van der Waals surface area contributed by atoms with Crippen LogP contribution in [0.5, 0.6) is 28.7 Å². The first-order chi connectivity index (χ1) is 71.5. The minimum Gasteiger partial charge on any atom is -0.490 e. The summed E-state index contributed by atoms with van der Waals surface area (Å²) in [5, 5.41) is 14.4. The third-order valence-electron chi connectivity index (χ3n) is 28.3. The van der Waals surface area contributed by atoms with E-state index in [1.165, 1.54) is 16.9 Å². The molecule has 0 bridgehead atoms. The van der Waals surface area contributed by atoms with Crippen molar-refractivity contribution >= 4 is 107 Å². The number of hydrogen-bond acceptors (Lipinski definition) is 37. The number of hydrogen-bond donors (Lipinski definition) is 4. The Hall–Kier alpha value is -13.0. The lowest BCUT2D eigenvalue weighted by molar-refractivity contribution is -0.120. The molecule has 12 aromatic rings. The van der Waals surface area contributed by atoms with E-state index in [1.54, 1.807) is 99.1 Å². The lowest BCUT2D eigenvalue weighted by Crippen LogP contribution is -2.44. The molecule has 10 fully saturated rings. The lowest BCUT2D eigenvalue weighted by atomic mass is 9.90. The summed E-state index contributed by atoms with van der Waals surface area (Å²) in [6, 6.07) is 18.9. The maximum atomic E-state index is 13.9. The van der Waals surface area contributed by atoms with Crippen molar-refractivity contribution in [2.24, 2.45) is 12.5 Å². The van der Waals surface area contributed by atoms with Gasteiger partial charge in [0.2, 0.25) is 17.8 Å². The molecular formula is C105H135FN26O14S. The van der Waals surface area contributed by atoms with E-state index < -0.39 is 21.4 Å². The smallest absolute Gasteiger partial charge is 0.410 e. The molecule has 0 unspecified atom stereocenters. The van der Waals surface area contributed by atoms with Gasteiger partial charge < -0.3 is 97.5 Å². The molecule has 8 aromatic heterocycles. The number of likely N-dealkylation sites (tertiary alicyclic amines) is 1. The monoisotopic (exact) mass is 2040 g/mol. The van der Waals surface area contributed by atoms with E-state index in [-0.39, 0.29) is 58.9 Å². The summed E-state index contributed by atoms with van der Waals surface area (Å²) in [4.78, 5) is 88.0. The molecule has 0 radical (unpaired) electrons. The molecule has 14 heterocycles. The zero-order valence-electron chi connectivity index (χ0n) is 84.9. The fourth-order valence-electron chi connectivity index (χ4n) is 20.2. The second-order valence-corrected chi connectivity index (χ2v) is 42.5. The fourth-order valence-corrected chi connectivity index (χ4v) is 21.5. The largest absolute Gasteiger partial charge is 0.490 e. The van der Waals surface area contributed by atoms with Crippen molar-refractivity contribution in [1.29, 1.82) is 0 Å². The SMILES string of the molecule is CC(C)(C)OC(=O)N1CCC(c2cnc(NC3CCC(Oc4cc(N5CCOCC5)cc5nccnc45)CC3)nc2)CC1.CC1(COc2cnc(NC3CCC(Oc4cc(N5CCOCC5)cc5nccnc45)CC3)nc2)COC1.CN(C)c1nc(NC2CCC(Oc3cc(N4CCOCC4)cc4nccnc34)CC2)ncc1F.Cn1ccc(S(=O)(=O)NC2CCC(Oc3cc(N4CCOCC4)cc4nccnc34)CC2)n1. The van der Waals surface area contributed by atoms with Gasteiger partial charge in [-0.2, -0.15) is 10.1 Å². The van der Waals surface area contributed by atoms with Crippen LogP contribution in [0.25, 0.3) is 44.1 Å². The van der Waals surface area contributed by atoms with Crippen molar-refractivity contribution in [3.8, 4) is 28.7 Å². The van der Waals surface area contributed by atoms with Gasteiger partial charge >= 0.3 is 6.09 Å². The highest BCUT2D eigenvalue weighted by Gasteiger charge is 2.37. The standard InChI is InChI=1S/C32H43N7O4.C27H34N6O4.C24H30FN7O2.C22H28N6O4S/c1-32(2,3)43-31(40)39-12-8-22(9-13-39)23-20-35-30(36-21-23)37-24-4-6-26(7-5-24)42-28-19-25(38-14-16-41-17-15-38)18-27-29(28)34-11-10-33-27;1-27(16-35-17-27)18-36-22-14-30-26(31-15-22)32-19-2-4-21(5-3-19)37-24-13-20(33-8-10-34-11-9-33)12-23-25(24)29-7-6-28-23;1-31(2)23-19(25)15-28-24(30-23)29-16-3-5-18(6-4-16)34-21-14-17(32-9-11-33-12-10-32)13-20-22(21)27-8-7-26-20;1-27-9-6-21(25-27)33(29,30)26-16-2-4-18(5-3-16)32-20-15-17(28-10-12-31-13-11-28)14-19-22(20)24-8-7-23-19/h10-11,18-22,24,26H,4-9,12-17H2,1-3H3,(H,35,36,37);6-7,12-15,19,21H,2-5,8-11,16-18H2,1H3,(H,30,31,32);7-8,13-16,18H,3-6,9-12H2,1-2H3,(H,28,29,30);6-9,14-16,18,26H,2-5,10-13H2,1H3. The molecular weight excluding hydrogens is 1900 g/mol. The number of anilines is 8. The van der Waals surface area contributed by atoms with Crippen LogP contribution in [0.4, 0.5) is 55.6 Å². The number of carbonyl (C=O) groups excluding carboxylic acids is 1. The Morgan fingerprint density at radius 1 is 0.442 bits per heavy atom. The van der Waals surface area contributed by atoms with E-state index in [9.17, 15) is 17.6 Å². The summed E-state index contributed by atoms with van der Waals surface area (Å²) >= 11 is 0. The average molecular weight is 2040 g/mol. The molecule has 147 heavy (non-hydrogen) atoms. The molecule has 4 aliphatic carbocycles. The fraction of sp³-hybridized carbons (Fsp3) is 0.543. The molecule has 4 N–H and O–H groups in total. The second kappa shape index (κ2) is 47.9. The Kier molecular flexibility index (Phi) is 33.4. The number of nitrogens with zero attached hydrogens (tertiary/aromatic N) is 22. The van der Waals surface area contributed by atoms with Crippen LogP contribution in [0.3, 0.4) is 0 Å². The highest BCUT2D eigenvalue weighted by Crippen LogP contribution is 2.41. The Bertz CT molecular complexity index is 6460. The quantitative estimate of drug-likeness (QED) is 0.0391. The van der Waals surface area contributed by atoms with Gasteiger partial charge in [-0.3, -0.25) is 24.6 Å². The van der Waals surface area contributed by atoms with Crippen molar-refractivity contribution in [3.63, 3.8) is 0 Å². The van der Waals surface area contributed by atoms with E-state index in [0.717, 1.165) is 303 Å². The van der Waals surface area contributed by atoms with Gasteiger partial charge in [-0.15, -0.1) is 0 Å². The van der Waals surface area contributed by atoms with Crippen LogP contribution in [-0.2, 0) is 45.5 Å². The summed E-state index contributed by atoms with van der Waals surface area (Å²) in [5.74, 6) is 5.75. The van der Waals surface area contributed by atoms with Crippen LogP contribution < -0.4 is 68.9 Å². The number of aryl methyl sites for hydroxylation is 1. The average Bonchev–Trinajstić information content (AvgIpc) is 0.974. The summed E-state index contributed by atoms with van der Waals surface area (Å²) in [5.41, 5.74) is 11.6. The second-order valence-electron chi connectivity index (χ2n) is 40.8. The maximum Gasteiger partial charge on any atom is 0.410 e. The van der Waals surface area contributed by atoms with Crippen LogP contribution in [0.15, 0.2) is 146 Å². The van der Waals surface area contributed by atoms with E-state index in [4.69, 9.17) is 52.1 Å². The van der Waals surface area contributed by atoms with E-state index in [1.807, 2.05) is 45.3 Å². The molecule has 40 nitrogen and oxygen atoms in total. The molecule has 6 saturated heterocycles. The van der Waals surface area contributed by atoms with Crippen LogP contribution >= 0.6 is 0 Å². The van der Waals surface area contributed by atoms with Gasteiger partial charge in [0.1, 0.15) is 50.7 Å². The number of aromatic nitrogens is 16.